The van der Waals surface area contributed by atoms with Gasteiger partial charge in [0.15, 0.2) is 22.6 Å². The number of phenolic OH excluding ortho intramolecular Hbond substituents is 1. The summed E-state index contributed by atoms with van der Waals surface area (Å²) in [5.41, 5.74) is 20.4. The van der Waals surface area contributed by atoms with Gasteiger partial charge < -0.3 is 37.1 Å². The van der Waals surface area contributed by atoms with Crippen LogP contribution in [0.25, 0.3) is 17.2 Å². The largest absolute Gasteiger partial charge is 0.502 e. The van der Waals surface area contributed by atoms with Gasteiger partial charge in [-0.15, -0.1) is 0 Å². The van der Waals surface area contributed by atoms with Gasteiger partial charge in [-0.1, -0.05) is 72.8 Å². The second-order valence-corrected chi connectivity index (χ2v) is 13.0. The highest BCUT2D eigenvalue weighted by Gasteiger charge is 2.42. The Kier molecular flexibility index (Phi) is 12.7. The van der Waals surface area contributed by atoms with Gasteiger partial charge in [0.05, 0.1) is 24.8 Å². The number of hydrogen-bond donors (Lipinski definition) is 5. The van der Waals surface area contributed by atoms with Crippen molar-refractivity contribution in [3.05, 3.63) is 113 Å². The molecule has 0 spiro atoms. The Morgan fingerprint density at radius 1 is 0.906 bits per heavy atom. The van der Waals surface area contributed by atoms with E-state index >= 15 is 0 Å². The van der Waals surface area contributed by atoms with Crippen molar-refractivity contribution in [3.8, 4) is 28.4 Å². The number of primary amides is 1. The molecule has 1 aliphatic rings. The molecule has 0 aromatic heterocycles. The average Bonchev–Trinajstić information content (AvgIpc) is 3.45. The number of carbonyl (C=O) groups excluding carboxylic acids is 3. The first-order valence-corrected chi connectivity index (χ1v) is 17.5. The number of ether oxygens (including phenoxy) is 2. The van der Waals surface area contributed by atoms with Crippen molar-refractivity contribution >= 4 is 52.4 Å². The van der Waals surface area contributed by atoms with Crippen molar-refractivity contribution in [2.24, 2.45) is 27.2 Å². The molecule has 0 bridgehead atoms. The van der Waals surface area contributed by atoms with Crippen LogP contribution in [0.1, 0.15) is 24.0 Å². The number of hydrogen-bond acceptors (Lipinski definition) is 9. The lowest BCUT2D eigenvalue weighted by atomic mass is 9.99. The average molecular weight is 736 g/mol. The quantitative estimate of drug-likeness (QED) is 0.0509. The molecule has 274 valence electrons. The molecule has 1 heterocycles. The van der Waals surface area contributed by atoms with Gasteiger partial charge in [-0.3, -0.25) is 24.3 Å². The zero-order valence-corrected chi connectivity index (χ0v) is 30.1. The fourth-order valence-corrected chi connectivity index (χ4v) is 6.68. The summed E-state index contributed by atoms with van der Waals surface area (Å²) in [6.45, 7) is 0.231. The predicted molar refractivity (Wildman–Crippen MR) is 208 cm³/mol. The standard InChI is InChI=1S/C39H41N7O6S/c1-51-31-21-25(22-32(52-2)34(31)47)23-33-37(50)46(39(53-33)44-28-12-7-4-8-13-28)30(36(49)45-29(35(40)48)14-9-19-43-38(41)42)20-24-15-17-27(18-16-24)26-10-5-3-6-11-26/h3-8,10-13,15-18,21-23,29-30,47H,9,14,19-20H2,1-2H3,(H2,40,48)(H,45,49)(H4,41,42,43)/t29-,30-/m0/s1. The Hall–Kier alpha value is -6.28. The second kappa shape index (κ2) is 17.8. The number of guanidine groups is 1. The van der Waals surface area contributed by atoms with Gasteiger partial charge >= 0.3 is 0 Å². The smallest absolute Gasteiger partial charge is 0.267 e. The number of amides is 3. The molecule has 1 fully saturated rings. The number of thioether (sulfide) groups is 1. The summed E-state index contributed by atoms with van der Waals surface area (Å²) in [4.78, 5) is 51.7. The fraction of sp³-hybridized carbons (Fsp3) is 0.205. The molecule has 0 unspecified atom stereocenters. The maximum absolute atomic E-state index is 14.5. The third-order valence-electron chi connectivity index (χ3n) is 8.33. The molecule has 0 aliphatic carbocycles. The number of aromatic hydroxyl groups is 1. The second-order valence-electron chi connectivity index (χ2n) is 12.0. The summed E-state index contributed by atoms with van der Waals surface area (Å²) in [7, 11) is 2.81. The monoisotopic (exact) mass is 735 g/mol. The van der Waals surface area contributed by atoms with Gasteiger partial charge in [0.2, 0.25) is 17.6 Å². The van der Waals surface area contributed by atoms with Crippen LogP contribution >= 0.6 is 11.8 Å². The molecule has 1 aliphatic heterocycles. The zero-order chi connectivity index (χ0) is 37.9. The van der Waals surface area contributed by atoms with E-state index in [1.807, 2.05) is 72.8 Å². The number of amidine groups is 1. The number of aliphatic imine (C=N–C) groups is 2. The topological polar surface area (TPSA) is 208 Å². The maximum atomic E-state index is 14.5. The number of nitrogens with one attached hydrogen (secondary N) is 1. The highest BCUT2D eigenvalue weighted by Crippen LogP contribution is 2.41. The number of para-hydroxylation sites is 1. The molecule has 53 heavy (non-hydrogen) atoms. The number of benzene rings is 4. The minimum absolute atomic E-state index is 0.0780. The zero-order valence-electron chi connectivity index (χ0n) is 29.3. The van der Waals surface area contributed by atoms with Gasteiger partial charge in [-0.05, 0) is 77.2 Å². The molecule has 0 saturated carbocycles. The Balaban J connectivity index is 1.56. The summed E-state index contributed by atoms with van der Waals surface area (Å²) >= 11 is 1.08. The number of methoxy groups -OCH3 is 2. The van der Waals surface area contributed by atoms with Crippen molar-refractivity contribution in [3.63, 3.8) is 0 Å². The number of rotatable bonds is 15. The van der Waals surface area contributed by atoms with Gasteiger partial charge in [-0.2, -0.15) is 0 Å². The minimum Gasteiger partial charge on any atom is -0.502 e. The number of phenols is 1. The molecule has 14 heteroatoms. The van der Waals surface area contributed by atoms with Crippen molar-refractivity contribution in [1.29, 1.82) is 0 Å². The van der Waals surface area contributed by atoms with E-state index in [9.17, 15) is 19.5 Å². The number of nitrogens with zero attached hydrogens (tertiary/aromatic N) is 3. The first kappa shape index (κ1) is 38.0. The van der Waals surface area contributed by atoms with Crippen LogP contribution in [0.5, 0.6) is 17.2 Å². The normalized spacial score (nSPS) is 15.2. The lowest BCUT2D eigenvalue weighted by Crippen LogP contribution is -2.55. The molecule has 13 nitrogen and oxygen atoms in total. The van der Waals surface area contributed by atoms with Crippen LogP contribution in [0, 0.1) is 0 Å². The first-order valence-electron chi connectivity index (χ1n) is 16.7. The Morgan fingerprint density at radius 2 is 1.51 bits per heavy atom. The predicted octanol–water partition coefficient (Wildman–Crippen LogP) is 4.32. The van der Waals surface area contributed by atoms with Gasteiger partial charge in [0, 0.05) is 13.0 Å². The summed E-state index contributed by atoms with van der Waals surface area (Å²) < 4.78 is 10.6. The third-order valence-corrected chi connectivity index (χ3v) is 9.31. The Morgan fingerprint density at radius 3 is 2.09 bits per heavy atom. The van der Waals surface area contributed by atoms with Crippen LogP contribution in [0.3, 0.4) is 0 Å². The Bertz CT molecular complexity index is 1990. The molecule has 0 radical (unpaired) electrons. The van der Waals surface area contributed by atoms with E-state index in [2.05, 4.69) is 10.3 Å². The number of nitrogens with two attached hydrogens (primary N) is 3. The van der Waals surface area contributed by atoms with Crippen molar-refractivity contribution in [2.45, 2.75) is 31.3 Å². The third kappa shape index (κ3) is 9.74. The van der Waals surface area contributed by atoms with Crippen LogP contribution in [-0.2, 0) is 20.8 Å². The van der Waals surface area contributed by atoms with E-state index in [1.54, 1.807) is 30.3 Å². The van der Waals surface area contributed by atoms with Crippen LogP contribution in [0.4, 0.5) is 5.69 Å². The molecule has 3 amide bonds. The van der Waals surface area contributed by atoms with Crippen LogP contribution in [-0.4, -0.2) is 71.7 Å². The lowest BCUT2D eigenvalue weighted by Gasteiger charge is -2.28. The van der Waals surface area contributed by atoms with E-state index in [-0.39, 0.29) is 52.7 Å². The van der Waals surface area contributed by atoms with Gasteiger partial charge in [0.25, 0.3) is 5.91 Å². The highest BCUT2D eigenvalue weighted by molar-refractivity contribution is 8.18. The molecule has 4 aromatic rings. The van der Waals surface area contributed by atoms with E-state index in [4.69, 9.17) is 31.7 Å². The summed E-state index contributed by atoms with van der Waals surface area (Å²) in [5.74, 6) is -1.83. The molecule has 1 saturated heterocycles. The first-order chi connectivity index (χ1) is 25.6. The SMILES string of the molecule is COc1cc(C=C2SC(=Nc3ccccc3)N([C@@H](Cc3ccc(-c4ccccc4)cc3)C(=O)N[C@@H](CCCN=C(N)N)C(N)=O)C2=O)cc(OC)c1O. The Labute approximate surface area is 311 Å². The van der Waals surface area contributed by atoms with Crippen LogP contribution < -0.4 is 32.0 Å². The van der Waals surface area contributed by atoms with E-state index in [0.29, 0.717) is 17.7 Å². The van der Waals surface area contributed by atoms with Crippen molar-refractivity contribution in [1.82, 2.24) is 10.2 Å². The van der Waals surface area contributed by atoms with Crippen molar-refractivity contribution in [2.75, 3.05) is 20.8 Å². The molecule has 5 rings (SSSR count). The maximum Gasteiger partial charge on any atom is 0.267 e. The summed E-state index contributed by atoms with van der Waals surface area (Å²) in [6.07, 6.45) is 2.22. The van der Waals surface area contributed by atoms with Crippen LogP contribution in [0.2, 0.25) is 0 Å². The van der Waals surface area contributed by atoms with Gasteiger partial charge in [-0.25, -0.2) is 4.99 Å². The molecular weight excluding hydrogens is 695 g/mol. The summed E-state index contributed by atoms with van der Waals surface area (Å²) in [6, 6.07) is 27.5. The fourth-order valence-electron chi connectivity index (χ4n) is 5.65. The van der Waals surface area contributed by atoms with Gasteiger partial charge in [0.1, 0.15) is 12.1 Å². The minimum atomic E-state index is -1.16. The van der Waals surface area contributed by atoms with Crippen molar-refractivity contribution < 1.29 is 29.0 Å². The van der Waals surface area contributed by atoms with E-state index in [0.717, 1.165) is 28.5 Å². The highest BCUT2D eigenvalue weighted by atomic mass is 32.2. The molecule has 4 aromatic carbocycles. The van der Waals surface area contributed by atoms with E-state index < -0.39 is 29.8 Å². The van der Waals surface area contributed by atoms with E-state index in [1.165, 1.54) is 19.1 Å². The summed E-state index contributed by atoms with van der Waals surface area (Å²) in [5, 5.41) is 13.5. The molecule has 8 N–H and O–H groups in total. The molecular formula is C39H41N7O6S. The molecule has 2 atom stereocenters. The number of carbonyl (C=O) groups is 3. The lowest BCUT2D eigenvalue weighted by molar-refractivity contribution is -0.134. The van der Waals surface area contributed by atoms with Crippen LogP contribution in [0.15, 0.2) is 112 Å².